The summed E-state index contributed by atoms with van der Waals surface area (Å²) in [4.78, 5) is 0. The predicted molar refractivity (Wildman–Crippen MR) is 132 cm³/mol. The number of hydrogen-bond donors (Lipinski definition) is 0. The Morgan fingerprint density at radius 3 is 2.53 bits per heavy atom. The van der Waals surface area contributed by atoms with Gasteiger partial charge in [-0.2, -0.15) is 5.10 Å². The smallest absolute Gasteiger partial charge is 0.213 e. The maximum atomic E-state index is 6.47. The second kappa shape index (κ2) is 9.67. The summed E-state index contributed by atoms with van der Waals surface area (Å²) in [5.74, 6) is 3.18. The lowest BCUT2D eigenvalue weighted by atomic mass is 9.96. The van der Waals surface area contributed by atoms with Gasteiger partial charge in [-0.05, 0) is 55.0 Å². The van der Waals surface area contributed by atoms with Crippen LogP contribution in [0.2, 0.25) is 0 Å². The Bertz CT molecular complexity index is 1180. The van der Waals surface area contributed by atoms with Crippen LogP contribution in [-0.2, 0) is 0 Å². The molecule has 2 aliphatic heterocycles. The molecule has 0 saturated heterocycles. The van der Waals surface area contributed by atoms with Crippen molar-refractivity contribution in [2.45, 2.75) is 38.5 Å². The van der Waals surface area contributed by atoms with Crippen LogP contribution in [0.4, 0.5) is 0 Å². The standard InChI is InChI=1S/C28H30N2O4/c1-4-5-16-33-21-13-10-19(11-14-21)28-30-24(22-8-6-7-9-25(22)34-28)18-23(29-30)20-12-15-26(31-2)27(17-20)32-3/h6-15,17,24,28H,4-5,16,18H2,1-3H3/t24-,28-/m1/s1. The Balaban J connectivity index is 1.47. The van der Waals surface area contributed by atoms with E-state index in [1.165, 1.54) is 0 Å². The summed E-state index contributed by atoms with van der Waals surface area (Å²) < 4.78 is 23.2. The minimum Gasteiger partial charge on any atom is -0.494 e. The van der Waals surface area contributed by atoms with Gasteiger partial charge in [0.25, 0.3) is 0 Å². The van der Waals surface area contributed by atoms with Crippen molar-refractivity contribution in [1.82, 2.24) is 5.01 Å². The van der Waals surface area contributed by atoms with E-state index < -0.39 is 0 Å². The summed E-state index contributed by atoms with van der Waals surface area (Å²) in [6, 6.07) is 22.4. The number of para-hydroxylation sites is 1. The molecule has 3 aromatic carbocycles. The molecule has 0 fully saturated rings. The van der Waals surface area contributed by atoms with E-state index in [1.54, 1.807) is 14.2 Å². The molecule has 34 heavy (non-hydrogen) atoms. The first-order chi connectivity index (χ1) is 16.7. The third-order valence-electron chi connectivity index (χ3n) is 6.35. The van der Waals surface area contributed by atoms with Crippen LogP contribution in [0.1, 0.15) is 55.1 Å². The van der Waals surface area contributed by atoms with Gasteiger partial charge in [-0.3, -0.25) is 0 Å². The number of ether oxygens (including phenoxy) is 4. The van der Waals surface area contributed by atoms with Crippen LogP contribution in [0, 0.1) is 0 Å². The van der Waals surface area contributed by atoms with E-state index in [0.29, 0.717) is 11.5 Å². The Labute approximate surface area is 200 Å². The number of methoxy groups -OCH3 is 2. The van der Waals surface area contributed by atoms with Gasteiger partial charge >= 0.3 is 0 Å². The minimum atomic E-state index is -0.317. The molecular formula is C28H30N2O4. The molecule has 0 aliphatic carbocycles. The molecule has 2 heterocycles. The zero-order valence-electron chi connectivity index (χ0n) is 19.9. The van der Waals surface area contributed by atoms with Crippen LogP contribution in [0.5, 0.6) is 23.0 Å². The van der Waals surface area contributed by atoms with Gasteiger partial charge in [0.2, 0.25) is 6.23 Å². The maximum Gasteiger partial charge on any atom is 0.213 e. The van der Waals surface area contributed by atoms with E-state index in [-0.39, 0.29) is 12.3 Å². The molecule has 0 amide bonds. The lowest BCUT2D eigenvalue weighted by Crippen LogP contribution is -2.33. The van der Waals surface area contributed by atoms with E-state index in [2.05, 4.69) is 36.2 Å². The first kappa shape index (κ1) is 22.1. The molecule has 0 aromatic heterocycles. The number of rotatable bonds is 8. The Kier molecular flexibility index (Phi) is 6.30. The van der Waals surface area contributed by atoms with Crippen molar-refractivity contribution in [2.24, 2.45) is 5.10 Å². The van der Waals surface area contributed by atoms with Gasteiger partial charge in [0.05, 0.1) is 32.6 Å². The number of benzene rings is 3. The maximum absolute atomic E-state index is 6.47. The van der Waals surface area contributed by atoms with Gasteiger partial charge in [-0.1, -0.05) is 31.5 Å². The van der Waals surface area contributed by atoms with Crippen LogP contribution >= 0.6 is 0 Å². The highest BCUT2D eigenvalue weighted by molar-refractivity contribution is 6.02. The summed E-state index contributed by atoms with van der Waals surface area (Å²) in [5, 5.41) is 7.13. The molecule has 3 aromatic rings. The molecule has 2 atom stereocenters. The fourth-order valence-corrected chi connectivity index (χ4v) is 4.51. The number of nitrogens with zero attached hydrogens (tertiary/aromatic N) is 2. The first-order valence-electron chi connectivity index (χ1n) is 11.8. The fraction of sp³-hybridized carbons (Fsp3) is 0.321. The van der Waals surface area contributed by atoms with Gasteiger partial charge < -0.3 is 18.9 Å². The second-order valence-corrected chi connectivity index (χ2v) is 8.50. The molecule has 2 aliphatic rings. The lowest BCUT2D eigenvalue weighted by Gasteiger charge is -2.38. The summed E-state index contributed by atoms with van der Waals surface area (Å²) in [6.07, 6.45) is 2.63. The largest absolute Gasteiger partial charge is 0.494 e. The van der Waals surface area contributed by atoms with Crippen LogP contribution in [-0.4, -0.2) is 31.5 Å². The fourth-order valence-electron chi connectivity index (χ4n) is 4.51. The van der Waals surface area contributed by atoms with Crippen molar-refractivity contribution in [1.29, 1.82) is 0 Å². The van der Waals surface area contributed by atoms with Crippen molar-refractivity contribution >= 4 is 5.71 Å². The Morgan fingerprint density at radius 2 is 1.76 bits per heavy atom. The van der Waals surface area contributed by atoms with E-state index in [0.717, 1.165) is 59.8 Å². The second-order valence-electron chi connectivity index (χ2n) is 8.50. The van der Waals surface area contributed by atoms with Gasteiger partial charge in [0, 0.05) is 23.1 Å². The van der Waals surface area contributed by atoms with Crippen molar-refractivity contribution in [2.75, 3.05) is 20.8 Å². The summed E-state index contributed by atoms with van der Waals surface area (Å²) in [7, 11) is 3.29. The molecule has 176 valence electrons. The number of unbranched alkanes of at least 4 members (excludes halogenated alkanes) is 1. The van der Waals surface area contributed by atoms with Gasteiger partial charge in [-0.25, -0.2) is 5.01 Å². The quantitative estimate of drug-likeness (QED) is 0.380. The van der Waals surface area contributed by atoms with Crippen molar-refractivity contribution < 1.29 is 18.9 Å². The Hall–Kier alpha value is -3.67. The monoisotopic (exact) mass is 458 g/mol. The van der Waals surface area contributed by atoms with Crippen molar-refractivity contribution in [3.8, 4) is 23.0 Å². The average Bonchev–Trinajstić information content (AvgIpc) is 3.34. The van der Waals surface area contributed by atoms with Gasteiger partial charge in [0.15, 0.2) is 11.5 Å². The molecule has 0 bridgehead atoms. The van der Waals surface area contributed by atoms with Crippen LogP contribution in [0.15, 0.2) is 71.8 Å². The van der Waals surface area contributed by atoms with Crippen LogP contribution in [0.25, 0.3) is 0 Å². The molecule has 5 rings (SSSR count). The van der Waals surface area contributed by atoms with Crippen molar-refractivity contribution in [3.05, 3.63) is 83.4 Å². The average molecular weight is 459 g/mol. The first-order valence-corrected chi connectivity index (χ1v) is 11.8. The minimum absolute atomic E-state index is 0.0959. The third kappa shape index (κ3) is 4.16. The SMILES string of the molecule is CCCCOc1ccc([C@H]2Oc3ccccc3[C@H]3CC(c4ccc(OC)c(OC)c4)=NN32)cc1. The number of hydrogen-bond acceptors (Lipinski definition) is 6. The topological polar surface area (TPSA) is 52.5 Å². The molecular weight excluding hydrogens is 428 g/mol. The number of fused-ring (bicyclic) bond motifs is 3. The molecule has 0 radical (unpaired) electrons. The highest BCUT2D eigenvalue weighted by Crippen LogP contribution is 2.47. The van der Waals surface area contributed by atoms with E-state index in [1.807, 2.05) is 42.5 Å². The normalized spacial score (nSPS) is 18.4. The van der Waals surface area contributed by atoms with Crippen LogP contribution < -0.4 is 18.9 Å². The third-order valence-corrected chi connectivity index (χ3v) is 6.35. The molecule has 6 heteroatoms. The summed E-state index contributed by atoms with van der Waals surface area (Å²) in [5.41, 5.74) is 4.20. The van der Waals surface area contributed by atoms with Crippen molar-refractivity contribution in [3.63, 3.8) is 0 Å². The Morgan fingerprint density at radius 1 is 0.971 bits per heavy atom. The molecule has 0 spiro atoms. The highest BCUT2D eigenvalue weighted by atomic mass is 16.5. The van der Waals surface area contributed by atoms with Crippen LogP contribution in [0.3, 0.4) is 0 Å². The summed E-state index contributed by atoms with van der Waals surface area (Å²) in [6.45, 7) is 2.89. The van der Waals surface area contributed by atoms with E-state index in [9.17, 15) is 0 Å². The van der Waals surface area contributed by atoms with E-state index in [4.69, 9.17) is 24.0 Å². The molecule has 6 nitrogen and oxygen atoms in total. The lowest BCUT2D eigenvalue weighted by molar-refractivity contribution is -0.0190. The summed E-state index contributed by atoms with van der Waals surface area (Å²) >= 11 is 0. The van der Waals surface area contributed by atoms with Gasteiger partial charge in [-0.15, -0.1) is 0 Å². The van der Waals surface area contributed by atoms with E-state index >= 15 is 0 Å². The zero-order valence-corrected chi connectivity index (χ0v) is 19.9. The molecule has 0 N–H and O–H groups in total. The number of hydrazone groups is 1. The highest BCUT2D eigenvalue weighted by Gasteiger charge is 2.40. The predicted octanol–water partition coefficient (Wildman–Crippen LogP) is 6.13. The molecule has 0 unspecified atom stereocenters. The molecule has 0 saturated carbocycles. The van der Waals surface area contributed by atoms with Gasteiger partial charge in [0.1, 0.15) is 11.5 Å². The zero-order chi connectivity index (χ0) is 23.5.